The average molecular weight is 244 g/mol. The summed E-state index contributed by atoms with van der Waals surface area (Å²) in [4.78, 5) is 2.29. The van der Waals surface area contributed by atoms with E-state index in [4.69, 9.17) is 11.6 Å². The van der Waals surface area contributed by atoms with E-state index in [1.54, 1.807) is 0 Å². The predicted molar refractivity (Wildman–Crippen MR) is 66.1 cm³/mol. The molecule has 0 N–H and O–H groups in total. The lowest BCUT2D eigenvalue weighted by molar-refractivity contribution is 0.809. The quantitative estimate of drug-likeness (QED) is 0.757. The molecule has 0 radical (unpaired) electrons. The number of hydrogen-bond donors (Lipinski definition) is 0. The van der Waals surface area contributed by atoms with Crippen molar-refractivity contribution in [1.29, 1.82) is 0 Å². The second-order valence-electron chi connectivity index (χ2n) is 3.66. The van der Waals surface area contributed by atoms with E-state index in [1.165, 1.54) is 11.5 Å². The van der Waals surface area contributed by atoms with Gasteiger partial charge in [-0.3, -0.25) is 0 Å². The van der Waals surface area contributed by atoms with Crippen molar-refractivity contribution in [1.82, 2.24) is 10.2 Å². The molecule has 1 aromatic rings. The highest BCUT2D eigenvalue weighted by atomic mass is 35.5. The van der Waals surface area contributed by atoms with Gasteiger partial charge in [-0.15, -0.1) is 10.2 Å². The minimum Gasteiger partial charge on any atom is -0.353 e. The van der Waals surface area contributed by atoms with Crippen molar-refractivity contribution in [2.45, 2.75) is 13.8 Å². The number of aromatic nitrogens is 2. The highest BCUT2D eigenvalue weighted by Crippen LogP contribution is 2.25. The van der Waals surface area contributed by atoms with Crippen LogP contribution in [0, 0.1) is 13.8 Å². The first-order valence-electron chi connectivity index (χ1n) is 5.02. The number of anilines is 1. The van der Waals surface area contributed by atoms with Crippen LogP contribution in [0.5, 0.6) is 0 Å². The van der Waals surface area contributed by atoms with Crippen LogP contribution in [0.2, 0.25) is 5.15 Å². The number of rotatable bonds is 1. The maximum Gasteiger partial charge on any atom is 0.155 e. The number of thioether (sulfide) groups is 1. The van der Waals surface area contributed by atoms with E-state index in [0.29, 0.717) is 5.15 Å². The van der Waals surface area contributed by atoms with Crippen LogP contribution in [0.4, 0.5) is 5.82 Å². The van der Waals surface area contributed by atoms with E-state index >= 15 is 0 Å². The van der Waals surface area contributed by atoms with E-state index in [2.05, 4.69) is 22.0 Å². The molecular weight excluding hydrogens is 230 g/mol. The molecule has 15 heavy (non-hydrogen) atoms. The van der Waals surface area contributed by atoms with E-state index < -0.39 is 0 Å². The SMILES string of the molecule is Cc1c(Cl)nnc(N2CCSCC2)c1C. The summed E-state index contributed by atoms with van der Waals surface area (Å²) in [5, 5.41) is 8.70. The van der Waals surface area contributed by atoms with E-state index in [9.17, 15) is 0 Å². The maximum atomic E-state index is 5.93. The van der Waals surface area contributed by atoms with E-state index in [0.717, 1.165) is 30.0 Å². The molecule has 1 aromatic heterocycles. The van der Waals surface area contributed by atoms with E-state index in [1.807, 2.05) is 18.7 Å². The van der Waals surface area contributed by atoms with Crippen LogP contribution in [-0.2, 0) is 0 Å². The van der Waals surface area contributed by atoms with Gasteiger partial charge in [0.1, 0.15) is 0 Å². The third-order valence-corrected chi connectivity index (χ3v) is 4.05. The van der Waals surface area contributed by atoms with Crippen molar-refractivity contribution in [2.24, 2.45) is 0 Å². The molecule has 5 heteroatoms. The Bertz CT molecular complexity index is 364. The van der Waals surface area contributed by atoms with Crippen molar-refractivity contribution in [3.63, 3.8) is 0 Å². The molecule has 2 heterocycles. The Balaban J connectivity index is 2.31. The molecule has 3 nitrogen and oxygen atoms in total. The number of hydrogen-bond acceptors (Lipinski definition) is 4. The fourth-order valence-corrected chi connectivity index (χ4v) is 2.72. The molecule has 0 bridgehead atoms. The highest BCUT2D eigenvalue weighted by molar-refractivity contribution is 7.99. The van der Waals surface area contributed by atoms with Gasteiger partial charge >= 0.3 is 0 Å². The Hall–Kier alpha value is -0.480. The highest BCUT2D eigenvalue weighted by Gasteiger charge is 2.17. The molecular formula is C10H14ClN3S. The fraction of sp³-hybridized carbons (Fsp3) is 0.600. The fourth-order valence-electron chi connectivity index (χ4n) is 1.64. The van der Waals surface area contributed by atoms with Crippen LogP contribution in [0.25, 0.3) is 0 Å². The first-order chi connectivity index (χ1) is 7.20. The van der Waals surface area contributed by atoms with Gasteiger partial charge < -0.3 is 4.90 Å². The molecule has 0 atom stereocenters. The molecule has 0 saturated carbocycles. The summed E-state index contributed by atoms with van der Waals surface area (Å²) < 4.78 is 0. The van der Waals surface area contributed by atoms with Crippen LogP contribution < -0.4 is 4.90 Å². The summed E-state index contributed by atoms with van der Waals surface area (Å²) in [6, 6.07) is 0. The third kappa shape index (κ3) is 2.21. The van der Waals surface area contributed by atoms with Crippen molar-refractivity contribution < 1.29 is 0 Å². The van der Waals surface area contributed by atoms with Crippen LogP contribution in [-0.4, -0.2) is 34.8 Å². The standard InChI is InChI=1S/C10H14ClN3S/c1-7-8(2)10(13-12-9(7)11)14-3-5-15-6-4-14/h3-6H2,1-2H3. The largest absolute Gasteiger partial charge is 0.353 e. The van der Waals surface area contributed by atoms with Gasteiger partial charge in [-0.2, -0.15) is 11.8 Å². The molecule has 1 fully saturated rings. The lowest BCUT2D eigenvalue weighted by Gasteiger charge is -2.28. The van der Waals surface area contributed by atoms with Gasteiger partial charge in [-0.1, -0.05) is 11.6 Å². The van der Waals surface area contributed by atoms with Gasteiger partial charge in [-0.25, -0.2) is 0 Å². The second kappa shape index (κ2) is 4.58. The van der Waals surface area contributed by atoms with Crippen LogP contribution in [0.1, 0.15) is 11.1 Å². The minimum absolute atomic E-state index is 0.516. The number of nitrogens with zero attached hydrogens (tertiary/aromatic N) is 3. The summed E-state index contributed by atoms with van der Waals surface area (Å²) in [6.45, 7) is 6.17. The van der Waals surface area contributed by atoms with Crippen molar-refractivity contribution in [3.8, 4) is 0 Å². The number of halogens is 1. The van der Waals surface area contributed by atoms with Gasteiger partial charge in [0.05, 0.1) is 0 Å². The van der Waals surface area contributed by atoms with Crippen LogP contribution in [0.3, 0.4) is 0 Å². The zero-order valence-corrected chi connectivity index (χ0v) is 10.5. The molecule has 1 saturated heterocycles. The first kappa shape index (κ1) is 11.0. The Kier molecular flexibility index (Phi) is 3.36. The lowest BCUT2D eigenvalue weighted by atomic mass is 10.2. The second-order valence-corrected chi connectivity index (χ2v) is 5.25. The predicted octanol–water partition coefficient (Wildman–Crippen LogP) is 2.30. The van der Waals surface area contributed by atoms with Gasteiger partial charge in [0.15, 0.2) is 11.0 Å². The molecule has 0 aliphatic carbocycles. The monoisotopic (exact) mass is 243 g/mol. The summed E-state index contributed by atoms with van der Waals surface area (Å²) in [5.74, 6) is 3.34. The molecule has 0 amide bonds. The summed E-state index contributed by atoms with van der Waals surface area (Å²) in [5.41, 5.74) is 2.20. The Morgan fingerprint density at radius 3 is 2.47 bits per heavy atom. The Labute approximate surface area is 99.2 Å². The van der Waals surface area contributed by atoms with Gasteiger partial charge in [-0.05, 0) is 25.0 Å². The molecule has 0 spiro atoms. The van der Waals surface area contributed by atoms with Gasteiger partial charge in [0.2, 0.25) is 0 Å². The molecule has 1 aliphatic rings. The molecule has 2 rings (SSSR count). The van der Waals surface area contributed by atoms with Crippen LogP contribution >= 0.6 is 23.4 Å². The topological polar surface area (TPSA) is 29.0 Å². The molecule has 82 valence electrons. The van der Waals surface area contributed by atoms with Crippen molar-refractivity contribution >= 4 is 29.2 Å². The Morgan fingerprint density at radius 1 is 1.13 bits per heavy atom. The first-order valence-corrected chi connectivity index (χ1v) is 6.55. The maximum absolute atomic E-state index is 5.93. The average Bonchev–Trinajstić information content (AvgIpc) is 2.27. The molecule has 0 unspecified atom stereocenters. The molecule has 1 aliphatic heterocycles. The summed E-state index contributed by atoms with van der Waals surface area (Å²) >= 11 is 7.92. The minimum atomic E-state index is 0.516. The molecule has 0 aromatic carbocycles. The summed E-state index contributed by atoms with van der Waals surface area (Å²) in [7, 11) is 0. The van der Waals surface area contributed by atoms with Gasteiger partial charge in [0, 0.05) is 24.6 Å². The zero-order valence-electron chi connectivity index (χ0n) is 8.96. The lowest BCUT2D eigenvalue weighted by Crippen LogP contribution is -2.34. The van der Waals surface area contributed by atoms with E-state index in [-0.39, 0.29) is 0 Å². The smallest absolute Gasteiger partial charge is 0.155 e. The van der Waals surface area contributed by atoms with Crippen molar-refractivity contribution in [2.75, 3.05) is 29.5 Å². The normalized spacial score (nSPS) is 16.9. The van der Waals surface area contributed by atoms with Gasteiger partial charge in [0.25, 0.3) is 0 Å². The third-order valence-electron chi connectivity index (χ3n) is 2.75. The van der Waals surface area contributed by atoms with Crippen molar-refractivity contribution in [3.05, 3.63) is 16.3 Å². The Morgan fingerprint density at radius 2 is 1.80 bits per heavy atom. The zero-order chi connectivity index (χ0) is 10.8. The van der Waals surface area contributed by atoms with Crippen LogP contribution in [0.15, 0.2) is 0 Å². The summed E-state index contributed by atoms with van der Waals surface area (Å²) in [6.07, 6.45) is 0.